The zero-order valence-electron chi connectivity index (χ0n) is 8.97. The van der Waals surface area contributed by atoms with Crippen molar-refractivity contribution in [2.75, 3.05) is 14.2 Å². The predicted molar refractivity (Wildman–Crippen MR) is 69.3 cm³/mol. The summed E-state index contributed by atoms with van der Waals surface area (Å²) >= 11 is 0. The van der Waals surface area contributed by atoms with Crippen LogP contribution in [0.3, 0.4) is 0 Å². The lowest BCUT2D eigenvalue weighted by atomic mass is 10.1. The summed E-state index contributed by atoms with van der Waals surface area (Å²) in [5.41, 5.74) is 0. The molecule has 1 heterocycles. The molecule has 0 aliphatic heterocycles. The maximum Gasteiger partial charge on any atom is 0.161 e. The summed E-state index contributed by atoms with van der Waals surface area (Å²) in [5, 5.41) is 2.14. The molecule has 0 saturated carbocycles. The third-order valence-electron chi connectivity index (χ3n) is 2.14. The number of pyridine rings is 1. The topological polar surface area (TPSA) is 31.4 Å². The van der Waals surface area contributed by atoms with Gasteiger partial charge in [0.05, 0.1) is 14.2 Å². The fourth-order valence-corrected chi connectivity index (χ4v) is 1.41. The van der Waals surface area contributed by atoms with Crippen molar-refractivity contribution in [2.45, 2.75) is 0 Å². The number of nitrogens with zero attached hydrogens (tertiary/aromatic N) is 1. The Hall–Kier alpha value is -1.19. The van der Waals surface area contributed by atoms with Gasteiger partial charge in [-0.05, 0) is 23.6 Å². The number of ether oxygens (including phenoxy) is 2. The summed E-state index contributed by atoms with van der Waals surface area (Å²) in [5.74, 6) is 1.47. The molecule has 0 aliphatic rings. The standard InChI is InChI=1S/C11H11NO2.2ClH/c1-13-10-5-8-3-4-12-7-9(8)6-11(10)14-2;;/h3-7H,1-2H3;2*1H. The van der Waals surface area contributed by atoms with E-state index in [4.69, 9.17) is 9.47 Å². The fourth-order valence-electron chi connectivity index (χ4n) is 1.41. The first kappa shape index (κ1) is 14.8. The number of hydrogen-bond donors (Lipinski definition) is 0. The first-order valence-corrected chi connectivity index (χ1v) is 4.31. The number of rotatable bonds is 2. The summed E-state index contributed by atoms with van der Waals surface area (Å²) in [6.45, 7) is 0. The summed E-state index contributed by atoms with van der Waals surface area (Å²) in [4.78, 5) is 4.05. The Labute approximate surface area is 107 Å². The number of aromatic nitrogens is 1. The quantitative estimate of drug-likeness (QED) is 0.833. The second-order valence-corrected chi connectivity index (χ2v) is 2.93. The van der Waals surface area contributed by atoms with Gasteiger partial charge in [-0.15, -0.1) is 24.8 Å². The second-order valence-electron chi connectivity index (χ2n) is 2.93. The average Bonchev–Trinajstić information content (AvgIpc) is 2.27. The molecule has 0 atom stereocenters. The van der Waals surface area contributed by atoms with Gasteiger partial charge in [0.25, 0.3) is 0 Å². The van der Waals surface area contributed by atoms with Crippen molar-refractivity contribution in [3.05, 3.63) is 30.6 Å². The number of fused-ring (bicyclic) bond motifs is 1. The van der Waals surface area contributed by atoms with Crippen molar-refractivity contribution in [1.29, 1.82) is 0 Å². The van der Waals surface area contributed by atoms with Crippen LogP contribution in [0.1, 0.15) is 0 Å². The molecule has 0 fully saturated rings. The van der Waals surface area contributed by atoms with E-state index >= 15 is 0 Å². The Bertz CT molecular complexity index is 420. The molecular weight excluding hydrogens is 249 g/mol. The van der Waals surface area contributed by atoms with Crippen LogP contribution in [0, 0.1) is 0 Å². The molecule has 0 N–H and O–H groups in total. The third kappa shape index (κ3) is 2.68. The molecule has 0 amide bonds. The molecule has 0 aliphatic carbocycles. The molecule has 0 bridgehead atoms. The average molecular weight is 262 g/mol. The molecule has 0 unspecified atom stereocenters. The van der Waals surface area contributed by atoms with Gasteiger partial charge in [-0.3, -0.25) is 4.98 Å². The van der Waals surface area contributed by atoms with E-state index in [0.717, 1.165) is 22.3 Å². The SMILES string of the molecule is COc1cc2ccncc2cc1OC.Cl.Cl. The zero-order valence-corrected chi connectivity index (χ0v) is 10.6. The Morgan fingerprint density at radius 1 is 0.938 bits per heavy atom. The van der Waals surface area contributed by atoms with Gasteiger partial charge in [-0.2, -0.15) is 0 Å². The Morgan fingerprint density at radius 2 is 1.50 bits per heavy atom. The lowest BCUT2D eigenvalue weighted by molar-refractivity contribution is 0.356. The number of benzene rings is 1. The van der Waals surface area contributed by atoms with Crippen LogP contribution in [0.25, 0.3) is 10.8 Å². The predicted octanol–water partition coefficient (Wildman–Crippen LogP) is 3.10. The number of hydrogen-bond acceptors (Lipinski definition) is 3. The highest BCUT2D eigenvalue weighted by Crippen LogP contribution is 2.31. The molecule has 2 rings (SSSR count). The minimum atomic E-state index is 0. The van der Waals surface area contributed by atoms with Crippen LogP contribution >= 0.6 is 24.8 Å². The van der Waals surface area contributed by atoms with Gasteiger partial charge < -0.3 is 9.47 Å². The fraction of sp³-hybridized carbons (Fsp3) is 0.182. The molecule has 3 nitrogen and oxygen atoms in total. The van der Waals surface area contributed by atoms with Crippen molar-refractivity contribution in [3.63, 3.8) is 0 Å². The number of methoxy groups -OCH3 is 2. The summed E-state index contributed by atoms with van der Waals surface area (Å²) in [7, 11) is 3.25. The Kier molecular flexibility index (Phi) is 5.93. The molecule has 0 radical (unpaired) electrons. The molecule has 5 heteroatoms. The third-order valence-corrected chi connectivity index (χ3v) is 2.14. The molecule has 88 valence electrons. The van der Waals surface area contributed by atoms with Crippen molar-refractivity contribution in [1.82, 2.24) is 4.98 Å². The van der Waals surface area contributed by atoms with Crippen molar-refractivity contribution in [2.24, 2.45) is 0 Å². The van der Waals surface area contributed by atoms with Gasteiger partial charge in [0.1, 0.15) is 0 Å². The summed E-state index contributed by atoms with van der Waals surface area (Å²) in [6.07, 6.45) is 3.56. The first-order chi connectivity index (χ1) is 6.85. The normalized spacial score (nSPS) is 8.88. The Balaban J connectivity index is 0.00000112. The van der Waals surface area contributed by atoms with E-state index < -0.39 is 0 Å². The largest absolute Gasteiger partial charge is 0.493 e. The lowest BCUT2D eigenvalue weighted by Gasteiger charge is -2.08. The second kappa shape index (κ2) is 6.40. The number of halogens is 2. The molecule has 0 spiro atoms. The van der Waals surface area contributed by atoms with Gasteiger partial charge in [-0.1, -0.05) is 0 Å². The zero-order chi connectivity index (χ0) is 9.97. The molecule has 16 heavy (non-hydrogen) atoms. The van der Waals surface area contributed by atoms with E-state index in [9.17, 15) is 0 Å². The van der Waals surface area contributed by atoms with Crippen LogP contribution in [-0.4, -0.2) is 19.2 Å². The van der Waals surface area contributed by atoms with Crippen molar-refractivity contribution < 1.29 is 9.47 Å². The molecular formula is C11H13Cl2NO2. The minimum Gasteiger partial charge on any atom is -0.493 e. The van der Waals surface area contributed by atoms with E-state index in [0.29, 0.717) is 0 Å². The van der Waals surface area contributed by atoms with Crippen molar-refractivity contribution in [3.8, 4) is 11.5 Å². The monoisotopic (exact) mass is 261 g/mol. The minimum absolute atomic E-state index is 0. The molecule has 1 aromatic carbocycles. The van der Waals surface area contributed by atoms with Gasteiger partial charge in [-0.25, -0.2) is 0 Å². The van der Waals surface area contributed by atoms with E-state index in [-0.39, 0.29) is 24.8 Å². The van der Waals surface area contributed by atoms with Gasteiger partial charge in [0, 0.05) is 17.8 Å². The van der Waals surface area contributed by atoms with Gasteiger partial charge in [0.15, 0.2) is 11.5 Å². The molecule has 2 aromatic rings. The van der Waals surface area contributed by atoms with Crippen LogP contribution in [0.4, 0.5) is 0 Å². The molecule has 1 aromatic heterocycles. The van der Waals surface area contributed by atoms with Gasteiger partial charge >= 0.3 is 0 Å². The van der Waals surface area contributed by atoms with E-state index in [1.54, 1.807) is 26.6 Å². The Morgan fingerprint density at radius 3 is 2.06 bits per heavy atom. The van der Waals surface area contributed by atoms with Gasteiger partial charge in [0.2, 0.25) is 0 Å². The highest BCUT2D eigenvalue weighted by molar-refractivity contribution is 5.86. The van der Waals surface area contributed by atoms with Crippen LogP contribution in [-0.2, 0) is 0 Å². The highest BCUT2D eigenvalue weighted by Gasteiger charge is 2.04. The highest BCUT2D eigenvalue weighted by atomic mass is 35.5. The van der Waals surface area contributed by atoms with Crippen molar-refractivity contribution >= 4 is 35.6 Å². The van der Waals surface area contributed by atoms with Crippen LogP contribution in [0.5, 0.6) is 11.5 Å². The maximum absolute atomic E-state index is 5.20. The molecule has 0 saturated heterocycles. The van der Waals surface area contributed by atoms with E-state index in [1.807, 2.05) is 18.2 Å². The van der Waals surface area contributed by atoms with E-state index in [1.165, 1.54) is 0 Å². The maximum atomic E-state index is 5.20. The van der Waals surface area contributed by atoms with E-state index in [2.05, 4.69) is 4.98 Å². The lowest BCUT2D eigenvalue weighted by Crippen LogP contribution is -1.90. The first-order valence-electron chi connectivity index (χ1n) is 4.31. The van der Waals surface area contributed by atoms with Crippen LogP contribution < -0.4 is 9.47 Å². The smallest absolute Gasteiger partial charge is 0.161 e. The summed E-state index contributed by atoms with van der Waals surface area (Å²) < 4.78 is 10.4. The van der Waals surface area contributed by atoms with Crippen LogP contribution in [0.2, 0.25) is 0 Å². The van der Waals surface area contributed by atoms with Crippen LogP contribution in [0.15, 0.2) is 30.6 Å². The summed E-state index contributed by atoms with van der Waals surface area (Å²) in [6, 6.07) is 5.80.